The zero-order valence-electron chi connectivity index (χ0n) is 7.28. The smallest absolute Gasteiger partial charge is 0.0675 e. The minimum absolute atomic E-state index is 0.460. The van der Waals surface area contributed by atoms with Crippen LogP contribution in [0, 0.1) is 0 Å². The molecule has 0 amide bonds. The van der Waals surface area contributed by atoms with Crippen LogP contribution in [-0.2, 0) is 0 Å². The Morgan fingerprint density at radius 2 is 1.56 bits per heavy atom. The minimum atomic E-state index is -1.10. The number of rotatable bonds is 1. The first-order valence-electron chi connectivity index (χ1n) is 3.51. The summed E-state index contributed by atoms with van der Waals surface area (Å²) < 4.78 is 0. The largest absolute Gasteiger partial charge is 0.333 e. The van der Waals surface area contributed by atoms with E-state index in [1.54, 1.807) is 0 Å². The van der Waals surface area contributed by atoms with Crippen molar-refractivity contribution >= 4 is 8.07 Å². The van der Waals surface area contributed by atoms with Crippen LogP contribution in [0.25, 0.3) is 0 Å². The van der Waals surface area contributed by atoms with Gasteiger partial charge in [-0.2, -0.15) is 0 Å². The first-order chi connectivity index (χ1) is 3.81. The van der Waals surface area contributed by atoms with Crippen LogP contribution in [0.4, 0.5) is 0 Å². The lowest BCUT2D eigenvalue weighted by Crippen LogP contribution is -2.44. The standard InChI is InChI=1S/C7H19NSi/c1-7(2,3)9(4,5)6-8/h6,8H2,1-5H3. The van der Waals surface area contributed by atoms with Gasteiger partial charge < -0.3 is 5.73 Å². The molecule has 0 saturated heterocycles. The zero-order chi connectivity index (χ0) is 7.71. The van der Waals surface area contributed by atoms with Crippen molar-refractivity contribution in [3.05, 3.63) is 0 Å². The summed E-state index contributed by atoms with van der Waals surface area (Å²) in [6, 6.07) is 0. The van der Waals surface area contributed by atoms with Gasteiger partial charge in [0.05, 0.1) is 8.07 Å². The van der Waals surface area contributed by atoms with Crippen molar-refractivity contribution in [1.82, 2.24) is 0 Å². The second kappa shape index (κ2) is 2.43. The summed E-state index contributed by atoms with van der Waals surface area (Å²) in [5.41, 5.74) is 5.65. The third-order valence-electron chi connectivity index (χ3n) is 2.54. The Kier molecular flexibility index (Phi) is 2.47. The third-order valence-corrected chi connectivity index (χ3v) is 7.62. The topological polar surface area (TPSA) is 26.0 Å². The molecule has 0 spiro atoms. The molecule has 0 rings (SSSR count). The molecule has 0 fully saturated rings. The van der Waals surface area contributed by atoms with E-state index < -0.39 is 8.07 Å². The highest BCUT2D eigenvalue weighted by atomic mass is 28.3. The van der Waals surface area contributed by atoms with Crippen LogP contribution >= 0.6 is 0 Å². The van der Waals surface area contributed by atoms with Gasteiger partial charge in [0, 0.05) is 0 Å². The highest BCUT2D eigenvalue weighted by Gasteiger charge is 2.33. The molecule has 0 radical (unpaired) electrons. The summed E-state index contributed by atoms with van der Waals surface area (Å²) in [5, 5.41) is 0.460. The highest BCUT2D eigenvalue weighted by molar-refractivity contribution is 6.80. The lowest BCUT2D eigenvalue weighted by molar-refractivity contribution is 0.715. The molecule has 0 unspecified atom stereocenters. The van der Waals surface area contributed by atoms with Gasteiger partial charge in [0.2, 0.25) is 0 Å². The molecule has 0 aromatic carbocycles. The average molecular weight is 145 g/mol. The highest BCUT2D eigenvalue weighted by Crippen LogP contribution is 2.34. The van der Waals surface area contributed by atoms with Crippen molar-refractivity contribution in [2.24, 2.45) is 5.73 Å². The maximum Gasteiger partial charge on any atom is 0.0675 e. The fourth-order valence-electron chi connectivity index (χ4n) is 0.306. The van der Waals surface area contributed by atoms with E-state index in [1.807, 2.05) is 0 Å². The van der Waals surface area contributed by atoms with Crippen molar-refractivity contribution in [2.75, 3.05) is 6.17 Å². The molecule has 0 bridgehead atoms. The fourth-order valence-corrected chi connectivity index (χ4v) is 0.919. The van der Waals surface area contributed by atoms with Crippen molar-refractivity contribution in [3.8, 4) is 0 Å². The van der Waals surface area contributed by atoms with Crippen LogP contribution in [0.2, 0.25) is 18.1 Å². The summed E-state index contributed by atoms with van der Waals surface area (Å²) in [6.07, 6.45) is 0.899. The van der Waals surface area contributed by atoms with E-state index in [2.05, 4.69) is 33.9 Å². The van der Waals surface area contributed by atoms with Gasteiger partial charge in [-0.05, 0) is 11.2 Å². The molecule has 0 atom stereocenters. The Morgan fingerprint density at radius 1 is 1.22 bits per heavy atom. The second-order valence-corrected chi connectivity index (χ2v) is 10.0. The van der Waals surface area contributed by atoms with Gasteiger partial charge in [-0.1, -0.05) is 33.9 Å². The molecule has 0 aliphatic heterocycles. The van der Waals surface area contributed by atoms with Crippen LogP contribution in [0.1, 0.15) is 20.8 Å². The number of nitrogens with two attached hydrogens (primary N) is 1. The monoisotopic (exact) mass is 145 g/mol. The summed E-state index contributed by atoms with van der Waals surface area (Å²) in [7, 11) is -1.10. The summed E-state index contributed by atoms with van der Waals surface area (Å²) in [5.74, 6) is 0. The summed E-state index contributed by atoms with van der Waals surface area (Å²) in [6.45, 7) is 11.5. The van der Waals surface area contributed by atoms with E-state index >= 15 is 0 Å². The van der Waals surface area contributed by atoms with E-state index in [0.717, 1.165) is 6.17 Å². The Hall–Kier alpha value is 0.177. The minimum Gasteiger partial charge on any atom is -0.333 e. The molecule has 0 aliphatic carbocycles. The Bertz CT molecular complexity index is 91.6. The van der Waals surface area contributed by atoms with Crippen molar-refractivity contribution in [1.29, 1.82) is 0 Å². The fraction of sp³-hybridized carbons (Fsp3) is 1.00. The number of hydrogen-bond acceptors (Lipinski definition) is 1. The predicted octanol–water partition coefficient (Wildman–Crippen LogP) is 1.99. The van der Waals surface area contributed by atoms with E-state index in [-0.39, 0.29) is 0 Å². The van der Waals surface area contributed by atoms with Crippen LogP contribution in [0.3, 0.4) is 0 Å². The van der Waals surface area contributed by atoms with Crippen LogP contribution in [0.5, 0.6) is 0 Å². The lowest BCUT2D eigenvalue weighted by Gasteiger charge is -2.35. The molecule has 0 aliphatic rings. The van der Waals surface area contributed by atoms with Gasteiger partial charge in [0.25, 0.3) is 0 Å². The number of hydrogen-bond donors (Lipinski definition) is 1. The van der Waals surface area contributed by atoms with Gasteiger partial charge in [-0.25, -0.2) is 0 Å². The van der Waals surface area contributed by atoms with Crippen molar-refractivity contribution in [2.45, 2.75) is 38.9 Å². The van der Waals surface area contributed by atoms with Gasteiger partial charge in [0.15, 0.2) is 0 Å². The SMILES string of the molecule is CC(C)(C)[Si](C)(C)CN. The van der Waals surface area contributed by atoms with Gasteiger partial charge in [-0.3, -0.25) is 0 Å². The molecule has 56 valence electrons. The van der Waals surface area contributed by atoms with Crippen LogP contribution in [0.15, 0.2) is 0 Å². The Labute approximate surface area is 59.6 Å². The molecular weight excluding hydrogens is 126 g/mol. The molecule has 0 saturated carbocycles. The first kappa shape index (κ1) is 9.18. The van der Waals surface area contributed by atoms with E-state index in [9.17, 15) is 0 Å². The van der Waals surface area contributed by atoms with Crippen molar-refractivity contribution < 1.29 is 0 Å². The normalized spacial score (nSPS) is 14.0. The summed E-state index contributed by atoms with van der Waals surface area (Å²) in [4.78, 5) is 0. The molecular formula is C7H19NSi. The van der Waals surface area contributed by atoms with E-state index in [0.29, 0.717) is 5.04 Å². The molecule has 0 heterocycles. The van der Waals surface area contributed by atoms with Crippen LogP contribution < -0.4 is 5.73 Å². The average Bonchev–Trinajstić information content (AvgIpc) is 1.64. The Balaban J connectivity index is 4.14. The van der Waals surface area contributed by atoms with Gasteiger partial charge in [-0.15, -0.1) is 0 Å². The quantitative estimate of drug-likeness (QED) is 0.561. The maximum absolute atomic E-state index is 5.65. The molecule has 0 aromatic rings. The molecule has 1 nitrogen and oxygen atoms in total. The Morgan fingerprint density at radius 3 is 1.56 bits per heavy atom. The first-order valence-corrected chi connectivity index (χ1v) is 6.72. The van der Waals surface area contributed by atoms with E-state index in [1.165, 1.54) is 0 Å². The second-order valence-electron chi connectivity index (χ2n) is 4.34. The zero-order valence-corrected chi connectivity index (χ0v) is 8.28. The lowest BCUT2D eigenvalue weighted by atomic mass is 10.2. The molecule has 2 N–H and O–H groups in total. The predicted molar refractivity (Wildman–Crippen MR) is 46.3 cm³/mol. The van der Waals surface area contributed by atoms with E-state index in [4.69, 9.17) is 5.73 Å². The third kappa shape index (κ3) is 2.10. The van der Waals surface area contributed by atoms with Crippen molar-refractivity contribution in [3.63, 3.8) is 0 Å². The van der Waals surface area contributed by atoms with Gasteiger partial charge in [0.1, 0.15) is 0 Å². The van der Waals surface area contributed by atoms with Gasteiger partial charge >= 0.3 is 0 Å². The molecule has 2 heteroatoms. The molecule has 0 aromatic heterocycles. The summed E-state index contributed by atoms with van der Waals surface area (Å²) >= 11 is 0. The maximum atomic E-state index is 5.65. The molecule has 9 heavy (non-hydrogen) atoms. The van der Waals surface area contributed by atoms with Crippen LogP contribution in [-0.4, -0.2) is 14.2 Å².